The molecule has 0 radical (unpaired) electrons. The molecule has 0 aliphatic rings. The Morgan fingerprint density at radius 2 is 1.52 bits per heavy atom. The van der Waals surface area contributed by atoms with Gasteiger partial charge in [0.25, 0.3) is 0 Å². The third-order valence-corrected chi connectivity index (χ3v) is 3.29. The zero-order valence-corrected chi connectivity index (χ0v) is 12.7. The zero-order chi connectivity index (χ0) is 15.1. The van der Waals surface area contributed by atoms with E-state index in [4.69, 9.17) is 15.2 Å². The lowest BCUT2D eigenvalue weighted by atomic mass is 10.0. The summed E-state index contributed by atoms with van der Waals surface area (Å²) < 4.78 is 11.8. The van der Waals surface area contributed by atoms with Crippen molar-refractivity contribution in [1.82, 2.24) is 0 Å². The number of para-hydroxylation sites is 3. The van der Waals surface area contributed by atoms with Crippen LogP contribution < -0.4 is 15.2 Å². The Hall–Kier alpha value is -2.00. The van der Waals surface area contributed by atoms with E-state index in [0.29, 0.717) is 6.61 Å². The number of rotatable bonds is 7. The van der Waals surface area contributed by atoms with Gasteiger partial charge in [-0.3, -0.25) is 0 Å². The molecule has 0 spiro atoms. The van der Waals surface area contributed by atoms with E-state index in [9.17, 15) is 0 Å². The highest BCUT2D eigenvalue weighted by molar-refractivity contribution is 5.45. The predicted molar refractivity (Wildman–Crippen MR) is 86.0 cm³/mol. The van der Waals surface area contributed by atoms with Crippen LogP contribution in [0.15, 0.2) is 48.5 Å². The first-order chi connectivity index (χ1) is 10.3. The number of hydrogen-bond acceptors (Lipinski definition) is 3. The second kappa shape index (κ2) is 7.70. The molecule has 2 N–H and O–H groups in total. The topological polar surface area (TPSA) is 44.5 Å². The van der Waals surface area contributed by atoms with Crippen LogP contribution in [0.3, 0.4) is 0 Å². The van der Waals surface area contributed by atoms with Gasteiger partial charge in [-0.05, 0) is 31.0 Å². The molecule has 0 aliphatic carbocycles. The van der Waals surface area contributed by atoms with Crippen molar-refractivity contribution in [2.75, 3.05) is 6.61 Å². The van der Waals surface area contributed by atoms with E-state index < -0.39 is 0 Å². The van der Waals surface area contributed by atoms with Crippen molar-refractivity contribution in [1.29, 1.82) is 0 Å². The quantitative estimate of drug-likeness (QED) is 0.803. The second-order valence-electron chi connectivity index (χ2n) is 4.95. The minimum atomic E-state index is -0.0232. The molecule has 0 saturated carbocycles. The molecule has 112 valence electrons. The molecule has 1 atom stereocenters. The molecule has 2 rings (SSSR count). The molecule has 21 heavy (non-hydrogen) atoms. The lowest BCUT2D eigenvalue weighted by Gasteiger charge is -2.17. The van der Waals surface area contributed by atoms with Crippen LogP contribution in [0.5, 0.6) is 17.2 Å². The fourth-order valence-electron chi connectivity index (χ4n) is 2.08. The average Bonchev–Trinajstić information content (AvgIpc) is 2.54. The van der Waals surface area contributed by atoms with Gasteiger partial charge in [-0.2, -0.15) is 0 Å². The van der Waals surface area contributed by atoms with Crippen molar-refractivity contribution in [2.45, 2.75) is 32.7 Å². The number of hydrogen-bond donors (Lipinski definition) is 1. The van der Waals surface area contributed by atoms with Crippen LogP contribution >= 0.6 is 0 Å². The molecular weight excluding hydrogens is 262 g/mol. The van der Waals surface area contributed by atoms with E-state index in [1.807, 2.05) is 48.5 Å². The maximum atomic E-state index is 6.16. The summed E-state index contributed by atoms with van der Waals surface area (Å²) >= 11 is 0. The minimum absolute atomic E-state index is 0.0232. The Morgan fingerprint density at radius 3 is 2.19 bits per heavy atom. The van der Waals surface area contributed by atoms with Crippen LogP contribution in [0.4, 0.5) is 0 Å². The van der Waals surface area contributed by atoms with Gasteiger partial charge in [0.05, 0.1) is 6.61 Å². The Balaban J connectivity index is 2.26. The van der Waals surface area contributed by atoms with E-state index >= 15 is 0 Å². The largest absolute Gasteiger partial charge is 0.490 e. The Labute approximate surface area is 126 Å². The van der Waals surface area contributed by atoms with Gasteiger partial charge in [-0.15, -0.1) is 0 Å². The smallest absolute Gasteiger partial charge is 0.169 e. The van der Waals surface area contributed by atoms with Crippen molar-refractivity contribution in [3.8, 4) is 17.2 Å². The summed E-state index contributed by atoms with van der Waals surface area (Å²) in [6.45, 7) is 4.83. The lowest BCUT2D eigenvalue weighted by molar-refractivity contribution is 0.301. The SMILES string of the molecule is CCCOc1ccccc1Oc1ccccc1C(N)CC. The van der Waals surface area contributed by atoms with Gasteiger partial charge in [-0.25, -0.2) is 0 Å². The van der Waals surface area contributed by atoms with Crippen molar-refractivity contribution >= 4 is 0 Å². The lowest BCUT2D eigenvalue weighted by Crippen LogP contribution is -2.10. The van der Waals surface area contributed by atoms with E-state index in [2.05, 4.69) is 13.8 Å². The van der Waals surface area contributed by atoms with E-state index in [1.165, 1.54) is 0 Å². The fourth-order valence-corrected chi connectivity index (χ4v) is 2.08. The second-order valence-corrected chi connectivity index (χ2v) is 4.95. The maximum Gasteiger partial charge on any atom is 0.169 e. The Bertz CT molecular complexity index is 569. The van der Waals surface area contributed by atoms with Gasteiger partial charge in [0, 0.05) is 11.6 Å². The first kappa shape index (κ1) is 15.4. The van der Waals surface area contributed by atoms with Crippen LogP contribution in [-0.4, -0.2) is 6.61 Å². The molecule has 3 nitrogen and oxygen atoms in total. The van der Waals surface area contributed by atoms with Gasteiger partial charge < -0.3 is 15.2 Å². The first-order valence-corrected chi connectivity index (χ1v) is 7.50. The number of nitrogens with two attached hydrogens (primary N) is 1. The van der Waals surface area contributed by atoms with E-state index in [0.717, 1.165) is 35.7 Å². The molecule has 0 saturated heterocycles. The first-order valence-electron chi connectivity index (χ1n) is 7.50. The summed E-state index contributed by atoms with van der Waals surface area (Å²) in [7, 11) is 0. The molecule has 0 aliphatic heterocycles. The average molecular weight is 285 g/mol. The van der Waals surface area contributed by atoms with Gasteiger partial charge >= 0.3 is 0 Å². The van der Waals surface area contributed by atoms with Gasteiger partial charge in [0.15, 0.2) is 11.5 Å². The highest BCUT2D eigenvalue weighted by Crippen LogP contribution is 2.35. The van der Waals surface area contributed by atoms with Crippen molar-refractivity contribution in [3.63, 3.8) is 0 Å². The standard InChI is InChI=1S/C18H23NO2/c1-3-13-20-17-11-7-8-12-18(17)21-16-10-6-5-9-14(16)15(19)4-2/h5-12,15H,3-4,13,19H2,1-2H3. The Morgan fingerprint density at radius 1 is 0.905 bits per heavy atom. The summed E-state index contributed by atoms with van der Waals surface area (Å²) in [6, 6.07) is 15.6. The van der Waals surface area contributed by atoms with Crippen molar-refractivity contribution < 1.29 is 9.47 Å². The molecule has 0 amide bonds. The molecule has 3 heteroatoms. The third kappa shape index (κ3) is 3.99. The maximum absolute atomic E-state index is 6.16. The van der Waals surface area contributed by atoms with Crippen molar-refractivity contribution in [2.24, 2.45) is 5.73 Å². The normalized spacial score (nSPS) is 12.0. The molecule has 2 aromatic carbocycles. The molecule has 0 bridgehead atoms. The van der Waals surface area contributed by atoms with E-state index in [-0.39, 0.29) is 6.04 Å². The fraction of sp³-hybridized carbons (Fsp3) is 0.333. The van der Waals surface area contributed by atoms with Gasteiger partial charge in [0.1, 0.15) is 5.75 Å². The summed E-state index contributed by atoms with van der Waals surface area (Å²) in [4.78, 5) is 0. The van der Waals surface area contributed by atoms with Crippen LogP contribution in [0.2, 0.25) is 0 Å². The summed E-state index contributed by atoms with van der Waals surface area (Å²) in [6.07, 6.45) is 1.83. The molecular formula is C18H23NO2. The van der Waals surface area contributed by atoms with Crippen LogP contribution in [0.1, 0.15) is 38.3 Å². The third-order valence-electron chi connectivity index (χ3n) is 3.29. The van der Waals surface area contributed by atoms with E-state index in [1.54, 1.807) is 0 Å². The highest BCUT2D eigenvalue weighted by Gasteiger charge is 2.12. The summed E-state index contributed by atoms with van der Waals surface area (Å²) in [5.74, 6) is 2.28. The van der Waals surface area contributed by atoms with Gasteiger partial charge in [0.2, 0.25) is 0 Å². The predicted octanol–water partition coefficient (Wildman–Crippen LogP) is 4.68. The van der Waals surface area contributed by atoms with Crippen LogP contribution in [-0.2, 0) is 0 Å². The Kier molecular flexibility index (Phi) is 5.64. The van der Waals surface area contributed by atoms with Crippen LogP contribution in [0, 0.1) is 0 Å². The molecule has 0 heterocycles. The number of ether oxygens (including phenoxy) is 2. The molecule has 1 unspecified atom stereocenters. The summed E-state index contributed by atoms with van der Waals surface area (Å²) in [5, 5.41) is 0. The van der Waals surface area contributed by atoms with Crippen molar-refractivity contribution in [3.05, 3.63) is 54.1 Å². The molecule has 0 aromatic heterocycles. The monoisotopic (exact) mass is 285 g/mol. The zero-order valence-electron chi connectivity index (χ0n) is 12.7. The molecule has 0 fully saturated rings. The minimum Gasteiger partial charge on any atom is -0.490 e. The summed E-state index contributed by atoms with van der Waals surface area (Å²) in [5.41, 5.74) is 7.17. The molecule has 2 aromatic rings. The number of benzene rings is 2. The highest BCUT2D eigenvalue weighted by atomic mass is 16.5. The van der Waals surface area contributed by atoms with Crippen LogP contribution in [0.25, 0.3) is 0 Å². The van der Waals surface area contributed by atoms with Gasteiger partial charge in [-0.1, -0.05) is 44.2 Å².